The molecule has 1 amide bonds. The monoisotopic (exact) mass is 311 g/mol. The molecule has 1 aromatic carbocycles. The van der Waals surface area contributed by atoms with Crippen molar-refractivity contribution in [1.82, 2.24) is 9.88 Å². The zero-order chi connectivity index (χ0) is 16.1. The summed E-state index contributed by atoms with van der Waals surface area (Å²) in [5, 5.41) is 13.1. The first-order valence-corrected chi connectivity index (χ1v) is 7.93. The first kappa shape index (κ1) is 15.5. The zero-order valence-corrected chi connectivity index (χ0v) is 13.0. The van der Waals surface area contributed by atoms with E-state index in [-0.39, 0.29) is 5.91 Å². The van der Waals surface area contributed by atoms with E-state index in [9.17, 15) is 9.90 Å². The quantitative estimate of drug-likeness (QED) is 0.909. The normalized spacial score (nSPS) is 17.8. The Morgan fingerprint density at radius 1 is 1.30 bits per heavy atom. The molecule has 1 aliphatic heterocycles. The van der Waals surface area contributed by atoms with Gasteiger partial charge < -0.3 is 15.3 Å². The molecular weight excluding hydrogens is 290 g/mol. The van der Waals surface area contributed by atoms with Crippen LogP contribution in [0, 0.1) is 0 Å². The number of nitrogens with zero attached hydrogens (tertiary/aromatic N) is 2. The number of carbonyl (C=O) groups is 1. The van der Waals surface area contributed by atoms with Crippen LogP contribution < -0.4 is 5.32 Å². The number of amides is 1. The van der Waals surface area contributed by atoms with Gasteiger partial charge in [0.05, 0.1) is 11.7 Å². The fourth-order valence-corrected chi connectivity index (χ4v) is 2.83. The van der Waals surface area contributed by atoms with Crippen molar-refractivity contribution in [3.63, 3.8) is 0 Å². The number of aromatic nitrogens is 1. The van der Waals surface area contributed by atoms with Crippen LogP contribution in [-0.4, -0.2) is 40.1 Å². The van der Waals surface area contributed by atoms with E-state index in [2.05, 4.69) is 10.3 Å². The highest BCUT2D eigenvalue weighted by Gasteiger charge is 2.24. The SMILES string of the molecule is O=C(c1ccccc1NCc1cccnc1)N1CCCC(O)C1. The Morgan fingerprint density at radius 2 is 2.17 bits per heavy atom. The minimum atomic E-state index is -0.414. The largest absolute Gasteiger partial charge is 0.391 e. The smallest absolute Gasteiger partial charge is 0.256 e. The molecule has 1 fully saturated rings. The number of nitrogens with one attached hydrogen (secondary N) is 1. The lowest BCUT2D eigenvalue weighted by atomic mass is 10.1. The second-order valence-corrected chi connectivity index (χ2v) is 5.81. The molecule has 1 saturated heterocycles. The number of benzene rings is 1. The summed E-state index contributed by atoms with van der Waals surface area (Å²) in [6.45, 7) is 1.73. The van der Waals surface area contributed by atoms with E-state index < -0.39 is 6.10 Å². The molecule has 2 aromatic rings. The molecule has 1 unspecified atom stereocenters. The van der Waals surface area contributed by atoms with Gasteiger partial charge in [-0.15, -0.1) is 0 Å². The third-order valence-electron chi connectivity index (χ3n) is 4.05. The van der Waals surface area contributed by atoms with Crippen molar-refractivity contribution >= 4 is 11.6 Å². The van der Waals surface area contributed by atoms with E-state index in [0.717, 1.165) is 24.1 Å². The topological polar surface area (TPSA) is 65.5 Å². The molecule has 1 aliphatic rings. The minimum Gasteiger partial charge on any atom is -0.391 e. The van der Waals surface area contributed by atoms with Crippen LogP contribution in [0.2, 0.25) is 0 Å². The molecule has 0 spiro atoms. The first-order chi connectivity index (χ1) is 11.2. The molecule has 1 aromatic heterocycles. The van der Waals surface area contributed by atoms with E-state index in [1.54, 1.807) is 17.3 Å². The van der Waals surface area contributed by atoms with E-state index in [1.165, 1.54) is 0 Å². The second-order valence-electron chi connectivity index (χ2n) is 5.81. The molecule has 120 valence electrons. The van der Waals surface area contributed by atoms with Gasteiger partial charge in [-0.3, -0.25) is 9.78 Å². The molecule has 0 saturated carbocycles. The summed E-state index contributed by atoms with van der Waals surface area (Å²) in [6, 6.07) is 11.4. The van der Waals surface area contributed by atoms with Gasteiger partial charge in [0.1, 0.15) is 0 Å². The van der Waals surface area contributed by atoms with Crippen molar-refractivity contribution in [2.24, 2.45) is 0 Å². The van der Waals surface area contributed by atoms with E-state index in [0.29, 0.717) is 25.2 Å². The minimum absolute atomic E-state index is 0.0296. The molecule has 0 bridgehead atoms. The average molecular weight is 311 g/mol. The van der Waals surface area contributed by atoms with Crippen LogP contribution in [-0.2, 0) is 6.54 Å². The number of β-amino-alcohol motifs (C(OH)–C–C–N with tert-alkyl or cyclic N) is 1. The molecular formula is C18H21N3O2. The highest BCUT2D eigenvalue weighted by molar-refractivity contribution is 5.99. The zero-order valence-electron chi connectivity index (χ0n) is 13.0. The third kappa shape index (κ3) is 3.87. The molecule has 3 rings (SSSR count). The maximum absolute atomic E-state index is 12.7. The number of rotatable bonds is 4. The fraction of sp³-hybridized carbons (Fsp3) is 0.333. The highest BCUT2D eigenvalue weighted by Crippen LogP contribution is 2.20. The van der Waals surface area contributed by atoms with Crippen LogP contribution in [0.4, 0.5) is 5.69 Å². The Kier molecular flexibility index (Phi) is 4.88. The summed E-state index contributed by atoms with van der Waals surface area (Å²) >= 11 is 0. The maximum atomic E-state index is 12.7. The van der Waals surface area contributed by atoms with E-state index >= 15 is 0 Å². The van der Waals surface area contributed by atoms with Gasteiger partial charge in [0.2, 0.25) is 0 Å². The van der Waals surface area contributed by atoms with Crippen molar-refractivity contribution in [3.8, 4) is 0 Å². The van der Waals surface area contributed by atoms with Gasteiger partial charge in [-0.05, 0) is 36.6 Å². The van der Waals surface area contributed by atoms with Gasteiger partial charge in [0, 0.05) is 37.7 Å². The lowest BCUT2D eigenvalue weighted by molar-refractivity contribution is 0.0474. The van der Waals surface area contributed by atoms with Gasteiger partial charge >= 0.3 is 0 Å². The third-order valence-corrected chi connectivity index (χ3v) is 4.05. The van der Waals surface area contributed by atoms with Crippen molar-refractivity contribution in [2.75, 3.05) is 18.4 Å². The lowest BCUT2D eigenvalue weighted by Crippen LogP contribution is -2.42. The van der Waals surface area contributed by atoms with Crippen molar-refractivity contribution in [3.05, 3.63) is 59.9 Å². The molecule has 0 aliphatic carbocycles. The van der Waals surface area contributed by atoms with Crippen LogP contribution in [0.15, 0.2) is 48.8 Å². The number of likely N-dealkylation sites (tertiary alicyclic amines) is 1. The Morgan fingerprint density at radius 3 is 2.96 bits per heavy atom. The van der Waals surface area contributed by atoms with Crippen LogP contribution in [0.1, 0.15) is 28.8 Å². The Bertz CT molecular complexity index is 660. The summed E-state index contributed by atoms with van der Waals surface area (Å²) < 4.78 is 0. The molecule has 5 nitrogen and oxygen atoms in total. The number of anilines is 1. The predicted octanol–water partition coefficient (Wildman–Crippen LogP) is 2.29. The van der Waals surface area contributed by atoms with E-state index in [1.807, 2.05) is 36.4 Å². The summed E-state index contributed by atoms with van der Waals surface area (Å²) in [5.74, 6) is -0.0296. The van der Waals surface area contributed by atoms with Gasteiger partial charge in [-0.1, -0.05) is 18.2 Å². The van der Waals surface area contributed by atoms with Crippen molar-refractivity contribution < 1.29 is 9.90 Å². The molecule has 2 N–H and O–H groups in total. The average Bonchev–Trinajstić information content (AvgIpc) is 2.60. The molecule has 1 atom stereocenters. The fourth-order valence-electron chi connectivity index (χ4n) is 2.83. The van der Waals surface area contributed by atoms with E-state index in [4.69, 9.17) is 0 Å². The number of aliphatic hydroxyl groups is 1. The number of carbonyl (C=O) groups excluding carboxylic acids is 1. The Labute approximate surface area is 136 Å². The van der Waals surface area contributed by atoms with Crippen LogP contribution in [0.25, 0.3) is 0 Å². The summed E-state index contributed by atoms with van der Waals surface area (Å²) in [7, 11) is 0. The summed E-state index contributed by atoms with van der Waals surface area (Å²) in [5.41, 5.74) is 2.51. The summed E-state index contributed by atoms with van der Waals surface area (Å²) in [6.07, 6.45) is 4.74. The van der Waals surface area contributed by atoms with Crippen molar-refractivity contribution in [1.29, 1.82) is 0 Å². The number of para-hydroxylation sites is 1. The van der Waals surface area contributed by atoms with Gasteiger partial charge in [0.25, 0.3) is 5.91 Å². The number of aliphatic hydroxyl groups excluding tert-OH is 1. The Balaban J connectivity index is 1.73. The number of pyridine rings is 1. The number of piperidine rings is 1. The number of hydrogen-bond donors (Lipinski definition) is 2. The van der Waals surface area contributed by atoms with Crippen LogP contribution in [0.3, 0.4) is 0 Å². The summed E-state index contributed by atoms with van der Waals surface area (Å²) in [4.78, 5) is 18.6. The first-order valence-electron chi connectivity index (χ1n) is 7.93. The van der Waals surface area contributed by atoms with Crippen LogP contribution in [0.5, 0.6) is 0 Å². The molecule has 23 heavy (non-hydrogen) atoms. The number of hydrogen-bond acceptors (Lipinski definition) is 4. The second kappa shape index (κ2) is 7.24. The predicted molar refractivity (Wildman–Crippen MR) is 89.2 cm³/mol. The molecule has 5 heteroatoms. The highest BCUT2D eigenvalue weighted by atomic mass is 16.3. The van der Waals surface area contributed by atoms with Crippen LogP contribution >= 0.6 is 0 Å². The standard InChI is InChI=1S/C18H21N3O2/c22-15-6-4-10-21(13-15)18(23)16-7-1-2-8-17(16)20-12-14-5-3-9-19-11-14/h1-3,5,7-9,11,15,20,22H,4,6,10,12-13H2. The molecule has 0 radical (unpaired) electrons. The Hall–Kier alpha value is -2.40. The van der Waals surface area contributed by atoms with Gasteiger partial charge in [-0.25, -0.2) is 0 Å². The lowest BCUT2D eigenvalue weighted by Gasteiger charge is -2.30. The maximum Gasteiger partial charge on any atom is 0.256 e. The molecule has 2 heterocycles. The van der Waals surface area contributed by atoms with Gasteiger partial charge in [0.15, 0.2) is 0 Å². The van der Waals surface area contributed by atoms with Gasteiger partial charge in [-0.2, -0.15) is 0 Å². The van der Waals surface area contributed by atoms with Crippen molar-refractivity contribution in [2.45, 2.75) is 25.5 Å².